The highest BCUT2D eigenvalue weighted by Crippen LogP contribution is 2.27. The van der Waals surface area contributed by atoms with Gasteiger partial charge in [-0.15, -0.1) is 0 Å². The zero-order valence-electron chi connectivity index (χ0n) is 15.6. The number of carbonyl (C=O) groups excluding carboxylic acids is 1. The van der Waals surface area contributed by atoms with Crippen molar-refractivity contribution in [3.8, 4) is 28.8 Å². The Morgan fingerprint density at radius 1 is 1.18 bits per heavy atom. The van der Waals surface area contributed by atoms with Gasteiger partial charge in [-0.2, -0.15) is 10.4 Å². The Morgan fingerprint density at radius 3 is 2.50 bits per heavy atom. The van der Waals surface area contributed by atoms with Gasteiger partial charge in [-0.3, -0.25) is 0 Å². The topological polar surface area (TPSA) is 77.1 Å². The molecule has 2 aromatic carbocycles. The molecule has 3 aromatic rings. The van der Waals surface area contributed by atoms with Gasteiger partial charge >= 0.3 is 5.97 Å². The van der Waals surface area contributed by atoms with Crippen LogP contribution in [0.4, 0.5) is 0 Å². The lowest BCUT2D eigenvalue weighted by atomic mass is 10.1. The number of esters is 1. The van der Waals surface area contributed by atoms with Crippen molar-refractivity contribution in [3.05, 3.63) is 71.9 Å². The summed E-state index contributed by atoms with van der Waals surface area (Å²) in [5.41, 5.74) is 2.90. The van der Waals surface area contributed by atoms with Crippen molar-refractivity contribution in [2.45, 2.75) is 6.92 Å². The fourth-order valence-corrected chi connectivity index (χ4v) is 2.68. The van der Waals surface area contributed by atoms with E-state index in [9.17, 15) is 10.1 Å². The van der Waals surface area contributed by atoms with Gasteiger partial charge < -0.3 is 9.47 Å². The first-order valence-electron chi connectivity index (χ1n) is 8.74. The van der Waals surface area contributed by atoms with E-state index in [1.807, 2.05) is 60.7 Å². The van der Waals surface area contributed by atoms with Crippen molar-refractivity contribution in [1.82, 2.24) is 9.78 Å². The summed E-state index contributed by atoms with van der Waals surface area (Å²) < 4.78 is 11.9. The predicted octanol–water partition coefficient (Wildman–Crippen LogP) is 4.02. The van der Waals surface area contributed by atoms with Gasteiger partial charge in [0, 0.05) is 17.3 Å². The van der Waals surface area contributed by atoms with E-state index in [1.165, 1.54) is 6.08 Å². The first-order valence-corrected chi connectivity index (χ1v) is 8.74. The molecule has 0 saturated carbocycles. The molecule has 140 valence electrons. The molecule has 6 nitrogen and oxygen atoms in total. The van der Waals surface area contributed by atoms with Crippen molar-refractivity contribution in [3.63, 3.8) is 0 Å². The average Bonchev–Trinajstić information content (AvgIpc) is 3.16. The third kappa shape index (κ3) is 4.10. The number of rotatable bonds is 6. The van der Waals surface area contributed by atoms with Gasteiger partial charge in [0.05, 0.1) is 25.1 Å². The lowest BCUT2D eigenvalue weighted by Gasteiger charge is -2.03. The molecule has 0 N–H and O–H groups in total. The quantitative estimate of drug-likeness (QED) is 0.370. The van der Waals surface area contributed by atoms with Crippen molar-refractivity contribution < 1.29 is 14.3 Å². The van der Waals surface area contributed by atoms with E-state index in [0.29, 0.717) is 11.3 Å². The zero-order chi connectivity index (χ0) is 19.9. The number of hydrogen-bond acceptors (Lipinski definition) is 5. The van der Waals surface area contributed by atoms with Crippen LogP contribution in [0.3, 0.4) is 0 Å². The summed E-state index contributed by atoms with van der Waals surface area (Å²) in [5, 5.41) is 14.0. The molecular formula is C22H19N3O3. The molecule has 0 radical (unpaired) electrons. The van der Waals surface area contributed by atoms with E-state index in [2.05, 4.69) is 5.10 Å². The molecule has 1 aromatic heterocycles. The van der Waals surface area contributed by atoms with E-state index in [-0.39, 0.29) is 12.2 Å². The van der Waals surface area contributed by atoms with Gasteiger partial charge in [-0.1, -0.05) is 18.2 Å². The largest absolute Gasteiger partial charge is 0.497 e. The summed E-state index contributed by atoms with van der Waals surface area (Å²) in [4.78, 5) is 12.0. The molecule has 6 heteroatoms. The van der Waals surface area contributed by atoms with E-state index in [0.717, 1.165) is 17.0 Å². The minimum absolute atomic E-state index is 0.0794. The van der Waals surface area contributed by atoms with Crippen molar-refractivity contribution in [1.29, 1.82) is 5.26 Å². The Hall–Kier alpha value is -3.85. The van der Waals surface area contributed by atoms with Crippen LogP contribution in [-0.2, 0) is 9.53 Å². The highest BCUT2D eigenvalue weighted by molar-refractivity contribution is 5.98. The van der Waals surface area contributed by atoms with Crippen LogP contribution in [0, 0.1) is 11.3 Å². The maximum absolute atomic E-state index is 12.0. The first kappa shape index (κ1) is 18.9. The fraction of sp³-hybridized carbons (Fsp3) is 0.136. The molecule has 0 spiro atoms. The van der Waals surface area contributed by atoms with Gasteiger partial charge in [0.2, 0.25) is 0 Å². The molecular weight excluding hydrogens is 354 g/mol. The van der Waals surface area contributed by atoms with Gasteiger partial charge in [0.25, 0.3) is 0 Å². The maximum Gasteiger partial charge on any atom is 0.348 e. The second-order valence-electron chi connectivity index (χ2n) is 5.83. The molecule has 1 heterocycles. The molecule has 0 atom stereocenters. The van der Waals surface area contributed by atoms with Gasteiger partial charge in [0.1, 0.15) is 17.4 Å². The highest BCUT2D eigenvalue weighted by atomic mass is 16.5. The molecule has 0 amide bonds. The molecule has 0 bridgehead atoms. The number of aromatic nitrogens is 2. The lowest BCUT2D eigenvalue weighted by molar-refractivity contribution is -0.137. The number of hydrogen-bond donors (Lipinski definition) is 0. The second kappa shape index (κ2) is 8.69. The number of ether oxygens (including phenoxy) is 2. The predicted molar refractivity (Wildman–Crippen MR) is 106 cm³/mol. The van der Waals surface area contributed by atoms with Crippen LogP contribution >= 0.6 is 0 Å². The summed E-state index contributed by atoms with van der Waals surface area (Å²) in [6.07, 6.45) is 3.29. The van der Waals surface area contributed by atoms with E-state index in [1.54, 1.807) is 24.9 Å². The SMILES string of the molecule is CCOC(=O)/C(C#N)=C\c1cn(-c2ccccc2)nc1-c1ccc(OC)cc1. The number of para-hydroxylation sites is 1. The molecule has 0 aliphatic carbocycles. The van der Waals surface area contributed by atoms with Gasteiger partial charge in [0.15, 0.2) is 0 Å². The van der Waals surface area contributed by atoms with E-state index >= 15 is 0 Å². The zero-order valence-corrected chi connectivity index (χ0v) is 15.6. The van der Waals surface area contributed by atoms with Crippen LogP contribution in [0.5, 0.6) is 5.75 Å². The molecule has 0 unspecified atom stereocenters. The molecule has 28 heavy (non-hydrogen) atoms. The first-order chi connectivity index (χ1) is 13.7. The smallest absolute Gasteiger partial charge is 0.348 e. The maximum atomic E-state index is 12.0. The van der Waals surface area contributed by atoms with Crippen LogP contribution in [-0.4, -0.2) is 29.5 Å². The van der Waals surface area contributed by atoms with Crippen LogP contribution < -0.4 is 4.74 Å². The Bertz CT molecular complexity index is 1030. The van der Waals surface area contributed by atoms with Crippen molar-refractivity contribution in [2.24, 2.45) is 0 Å². The summed E-state index contributed by atoms with van der Waals surface area (Å²) >= 11 is 0. The number of methoxy groups -OCH3 is 1. The minimum Gasteiger partial charge on any atom is -0.497 e. The standard InChI is InChI=1S/C22H19N3O3/c1-3-28-22(26)17(14-23)13-18-15-25(19-7-5-4-6-8-19)24-21(18)16-9-11-20(27-2)12-10-16/h4-13,15H,3H2,1-2H3/b17-13-. The normalized spacial score (nSPS) is 11.0. The number of benzene rings is 2. The Labute approximate surface area is 163 Å². The Kier molecular flexibility index (Phi) is 5.87. The summed E-state index contributed by atoms with van der Waals surface area (Å²) in [6, 6.07) is 18.9. The van der Waals surface area contributed by atoms with E-state index in [4.69, 9.17) is 9.47 Å². The number of nitrogens with zero attached hydrogens (tertiary/aromatic N) is 3. The third-order valence-electron chi connectivity index (χ3n) is 4.04. The number of carbonyl (C=O) groups is 1. The van der Waals surface area contributed by atoms with E-state index < -0.39 is 5.97 Å². The van der Waals surface area contributed by atoms with Gasteiger partial charge in [-0.05, 0) is 49.4 Å². The Morgan fingerprint density at radius 2 is 1.89 bits per heavy atom. The summed E-state index contributed by atoms with van der Waals surface area (Å²) in [5.74, 6) is 0.0747. The minimum atomic E-state index is -0.654. The molecule has 0 fully saturated rings. The van der Waals surface area contributed by atoms with Crippen LogP contribution in [0.15, 0.2) is 66.4 Å². The number of nitriles is 1. The average molecular weight is 373 g/mol. The van der Waals surface area contributed by atoms with Crippen LogP contribution in [0.25, 0.3) is 23.0 Å². The van der Waals surface area contributed by atoms with Crippen molar-refractivity contribution >= 4 is 12.0 Å². The van der Waals surface area contributed by atoms with Gasteiger partial charge in [-0.25, -0.2) is 9.48 Å². The highest BCUT2D eigenvalue weighted by Gasteiger charge is 2.15. The van der Waals surface area contributed by atoms with Crippen LogP contribution in [0.1, 0.15) is 12.5 Å². The Balaban J connectivity index is 2.12. The molecule has 0 saturated heterocycles. The van der Waals surface area contributed by atoms with Crippen LogP contribution in [0.2, 0.25) is 0 Å². The van der Waals surface area contributed by atoms with Crippen molar-refractivity contribution in [2.75, 3.05) is 13.7 Å². The summed E-state index contributed by atoms with van der Waals surface area (Å²) in [7, 11) is 1.60. The monoisotopic (exact) mass is 373 g/mol. The molecule has 0 aliphatic rings. The fourth-order valence-electron chi connectivity index (χ4n) is 2.68. The molecule has 0 aliphatic heterocycles. The lowest BCUT2D eigenvalue weighted by Crippen LogP contribution is -2.06. The summed E-state index contributed by atoms with van der Waals surface area (Å²) in [6.45, 7) is 1.90. The second-order valence-corrected chi connectivity index (χ2v) is 5.83. The third-order valence-corrected chi connectivity index (χ3v) is 4.04. The molecule has 3 rings (SSSR count).